The summed E-state index contributed by atoms with van der Waals surface area (Å²) in [6.45, 7) is 0. The van der Waals surface area contributed by atoms with Crippen LogP contribution in [0.15, 0.2) is 29.2 Å². The number of fused-ring (bicyclic) bond motifs is 2. The van der Waals surface area contributed by atoms with Gasteiger partial charge in [-0.15, -0.1) is 0 Å². The smallest absolute Gasteiger partial charge is 0.237 e. The number of hydrogen-bond donors (Lipinski definition) is 2. The molecule has 1 aliphatic carbocycles. The third-order valence-electron chi connectivity index (χ3n) is 5.80. The van der Waals surface area contributed by atoms with Crippen molar-refractivity contribution in [2.24, 2.45) is 5.92 Å². The first-order valence-corrected chi connectivity index (χ1v) is 10.6. The minimum atomic E-state index is -3.21. The fourth-order valence-electron chi connectivity index (χ4n) is 4.53. The first kappa shape index (κ1) is 16.1. The van der Waals surface area contributed by atoms with Crippen molar-refractivity contribution in [2.45, 2.75) is 61.5 Å². The van der Waals surface area contributed by atoms with Gasteiger partial charge in [-0.3, -0.25) is 4.79 Å². The highest BCUT2D eigenvalue weighted by atomic mass is 32.2. The van der Waals surface area contributed by atoms with E-state index in [-0.39, 0.29) is 23.7 Å². The Labute approximate surface area is 143 Å². The second-order valence-corrected chi connectivity index (χ2v) is 9.39. The summed E-state index contributed by atoms with van der Waals surface area (Å²) in [6.07, 6.45) is 6.25. The predicted molar refractivity (Wildman–Crippen MR) is 91.3 cm³/mol. The Balaban J connectivity index is 1.49. The molecular formula is C18H24N2O3S. The van der Waals surface area contributed by atoms with Crippen LogP contribution in [-0.4, -0.2) is 32.2 Å². The van der Waals surface area contributed by atoms with Crippen molar-refractivity contribution in [1.82, 2.24) is 10.6 Å². The lowest BCUT2D eigenvalue weighted by Crippen LogP contribution is -2.45. The van der Waals surface area contributed by atoms with Crippen molar-refractivity contribution in [1.29, 1.82) is 0 Å². The van der Waals surface area contributed by atoms with Gasteiger partial charge in [0.05, 0.1) is 22.7 Å². The largest absolute Gasteiger partial charge is 0.348 e. The number of rotatable bonds is 2. The highest BCUT2D eigenvalue weighted by molar-refractivity contribution is 7.91. The number of hydrogen-bond acceptors (Lipinski definition) is 4. The number of nitrogens with one attached hydrogen (secondary N) is 2. The van der Waals surface area contributed by atoms with Gasteiger partial charge in [0.2, 0.25) is 5.91 Å². The van der Waals surface area contributed by atoms with Crippen LogP contribution in [0.25, 0.3) is 0 Å². The summed E-state index contributed by atoms with van der Waals surface area (Å²) in [6, 6.07) is 7.17. The van der Waals surface area contributed by atoms with Gasteiger partial charge in [-0.1, -0.05) is 31.0 Å². The van der Waals surface area contributed by atoms with Gasteiger partial charge in [-0.25, -0.2) is 8.42 Å². The van der Waals surface area contributed by atoms with E-state index in [0.29, 0.717) is 23.3 Å². The van der Waals surface area contributed by atoms with Gasteiger partial charge >= 0.3 is 0 Å². The van der Waals surface area contributed by atoms with E-state index in [1.807, 2.05) is 12.1 Å². The SMILES string of the molecule is O=C(N[C@@H]1CCS(=O)(=O)c2ccccc21)[C@@H]1C[C@H]2CCCC[C@H]2N1. The van der Waals surface area contributed by atoms with E-state index in [2.05, 4.69) is 10.6 Å². The summed E-state index contributed by atoms with van der Waals surface area (Å²) in [5.41, 5.74) is 0.729. The zero-order valence-corrected chi connectivity index (χ0v) is 14.5. The molecule has 1 amide bonds. The molecule has 3 aliphatic rings. The molecule has 1 saturated heterocycles. The molecule has 24 heavy (non-hydrogen) atoms. The maximum atomic E-state index is 12.7. The summed E-state index contributed by atoms with van der Waals surface area (Å²) in [7, 11) is -3.21. The number of amides is 1. The molecule has 130 valence electrons. The Hall–Kier alpha value is -1.40. The van der Waals surface area contributed by atoms with Crippen molar-refractivity contribution < 1.29 is 13.2 Å². The normalized spacial score (nSPS) is 34.2. The average molecular weight is 348 g/mol. The van der Waals surface area contributed by atoms with E-state index in [0.717, 1.165) is 12.0 Å². The van der Waals surface area contributed by atoms with Crippen molar-refractivity contribution in [3.63, 3.8) is 0 Å². The summed E-state index contributed by atoms with van der Waals surface area (Å²) in [4.78, 5) is 13.1. The lowest BCUT2D eigenvalue weighted by atomic mass is 9.85. The molecule has 0 radical (unpaired) electrons. The third kappa shape index (κ3) is 2.86. The zero-order valence-electron chi connectivity index (χ0n) is 13.7. The van der Waals surface area contributed by atoms with Gasteiger partial charge in [0.1, 0.15) is 0 Å². The highest BCUT2D eigenvalue weighted by Gasteiger charge is 2.39. The van der Waals surface area contributed by atoms with E-state index < -0.39 is 9.84 Å². The number of sulfone groups is 1. The zero-order chi connectivity index (χ0) is 16.7. The maximum Gasteiger partial charge on any atom is 0.237 e. The fraction of sp³-hybridized carbons (Fsp3) is 0.611. The Morgan fingerprint density at radius 2 is 1.92 bits per heavy atom. The Morgan fingerprint density at radius 1 is 1.12 bits per heavy atom. The summed E-state index contributed by atoms with van der Waals surface area (Å²) < 4.78 is 24.4. The third-order valence-corrected chi connectivity index (χ3v) is 7.62. The molecule has 1 aromatic carbocycles. The van der Waals surface area contributed by atoms with Crippen molar-refractivity contribution in [2.75, 3.05) is 5.75 Å². The first-order valence-electron chi connectivity index (χ1n) is 8.93. The van der Waals surface area contributed by atoms with Crippen LogP contribution >= 0.6 is 0 Å². The van der Waals surface area contributed by atoms with Crippen LogP contribution in [0, 0.1) is 5.92 Å². The van der Waals surface area contributed by atoms with Crippen LogP contribution in [0.1, 0.15) is 50.1 Å². The van der Waals surface area contributed by atoms with Crippen LogP contribution in [0.2, 0.25) is 0 Å². The lowest BCUT2D eigenvalue weighted by Gasteiger charge is -2.27. The highest BCUT2D eigenvalue weighted by Crippen LogP contribution is 2.35. The molecule has 2 aliphatic heterocycles. The van der Waals surface area contributed by atoms with Crippen molar-refractivity contribution in [3.05, 3.63) is 29.8 Å². The molecule has 1 aromatic rings. The molecular weight excluding hydrogens is 324 g/mol. The van der Waals surface area contributed by atoms with Gasteiger partial charge in [0.15, 0.2) is 9.84 Å². The number of benzene rings is 1. The van der Waals surface area contributed by atoms with Crippen LogP contribution in [-0.2, 0) is 14.6 Å². The molecule has 4 rings (SSSR count). The van der Waals surface area contributed by atoms with E-state index in [1.165, 1.54) is 25.7 Å². The lowest BCUT2D eigenvalue weighted by molar-refractivity contribution is -0.123. The molecule has 0 spiro atoms. The second kappa shape index (κ2) is 6.15. The van der Waals surface area contributed by atoms with Gasteiger partial charge in [0, 0.05) is 6.04 Å². The number of carbonyl (C=O) groups excluding carboxylic acids is 1. The summed E-state index contributed by atoms with van der Waals surface area (Å²) >= 11 is 0. The van der Waals surface area contributed by atoms with Crippen LogP contribution in [0.5, 0.6) is 0 Å². The summed E-state index contributed by atoms with van der Waals surface area (Å²) in [5.74, 6) is 0.732. The molecule has 0 aromatic heterocycles. The van der Waals surface area contributed by atoms with Crippen LogP contribution in [0.3, 0.4) is 0 Å². The standard InChI is InChI=1S/C18H24N2O3S/c21-18(16-11-12-5-1-3-7-14(12)19-16)20-15-9-10-24(22,23)17-8-4-2-6-13(15)17/h2,4,6,8,12,14-16,19H,1,3,5,7,9-11H2,(H,20,21)/t12-,14-,15-,16+/m1/s1. The molecule has 2 fully saturated rings. The van der Waals surface area contributed by atoms with Gasteiger partial charge in [0.25, 0.3) is 0 Å². The molecule has 5 nitrogen and oxygen atoms in total. The number of carbonyl (C=O) groups is 1. The molecule has 1 saturated carbocycles. The second-order valence-electron chi connectivity index (χ2n) is 7.31. The Kier molecular flexibility index (Phi) is 4.12. The molecule has 0 unspecified atom stereocenters. The molecule has 2 N–H and O–H groups in total. The van der Waals surface area contributed by atoms with Crippen molar-refractivity contribution in [3.8, 4) is 0 Å². The molecule has 4 atom stereocenters. The maximum absolute atomic E-state index is 12.7. The summed E-state index contributed by atoms with van der Waals surface area (Å²) in [5, 5.41) is 6.59. The molecule has 2 heterocycles. The van der Waals surface area contributed by atoms with Gasteiger partial charge in [-0.05, 0) is 43.2 Å². The van der Waals surface area contributed by atoms with E-state index in [9.17, 15) is 13.2 Å². The monoisotopic (exact) mass is 348 g/mol. The first-order chi connectivity index (χ1) is 11.5. The van der Waals surface area contributed by atoms with Gasteiger partial charge < -0.3 is 10.6 Å². The van der Waals surface area contributed by atoms with Crippen molar-refractivity contribution >= 4 is 15.7 Å². The van der Waals surface area contributed by atoms with Gasteiger partial charge in [-0.2, -0.15) is 0 Å². The Bertz CT molecular complexity index is 732. The topological polar surface area (TPSA) is 75.3 Å². The Morgan fingerprint density at radius 3 is 2.75 bits per heavy atom. The predicted octanol–water partition coefficient (Wildman–Crippen LogP) is 1.94. The van der Waals surface area contributed by atoms with Crippen LogP contribution in [0.4, 0.5) is 0 Å². The van der Waals surface area contributed by atoms with Crippen LogP contribution < -0.4 is 10.6 Å². The molecule has 6 heteroatoms. The molecule has 0 bridgehead atoms. The average Bonchev–Trinajstić information content (AvgIpc) is 3.02. The minimum absolute atomic E-state index is 0.0171. The van der Waals surface area contributed by atoms with E-state index in [1.54, 1.807) is 12.1 Å². The minimum Gasteiger partial charge on any atom is -0.348 e. The van der Waals surface area contributed by atoms with E-state index >= 15 is 0 Å². The van der Waals surface area contributed by atoms with E-state index in [4.69, 9.17) is 0 Å². The quantitative estimate of drug-likeness (QED) is 0.856. The fourth-order valence-corrected chi connectivity index (χ4v) is 6.15.